The Morgan fingerprint density at radius 1 is 1.23 bits per heavy atom. The zero-order valence-electron chi connectivity index (χ0n) is 12.7. The highest BCUT2D eigenvalue weighted by Crippen LogP contribution is 2.31. The summed E-state index contributed by atoms with van der Waals surface area (Å²) >= 11 is 0. The molecule has 22 heavy (non-hydrogen) atoms. The number of hydrogen-bond donors (Lipinski definition) is 1. The Balaban J connectivity index is 3.12. The molecule has 0 heterocycles. The Labute approximate surface area is 130 Å². The number of carbonyl (C=O) groups excluding carboxylic acids is 1. The summed E-state index contributed by atoms with van der Waals surface area (Å²) in [4.78, 5) is 17.1. The zero-order valence-corrected chi connectivity index (χ0v) is 12.7. The van der Waals surface area contributed by atoms with Gasteiger partial charge in [0.05, 0.1) is 7.11 Å². The minimum Gasteiger partial charge on any atom is -0.481 e. The molecular weight excluding hydrogens is 282 g/mol. The van der Waals surface area contributed by atoms with Crippen molar-refractivity contribution in [3.63, 3.8) is 0 Å². The Morgan fingerprint density at radius 2 is 1.86 bits per heavy atom. The Kier molecular flexibility index (Phi) is 6.98. The van der Waals surface area contributed by atoms with Crippen molar-refractivity contribution in [2.75, 3.05) is 20.3 Å². The predicted molar refractivity (Wildman–Crippen MR) is 82.7 cm³/mol. The van der Waals surface area contributed by atoms with Gasteiger partial charge in [0, 0.05) is 0 Å². The van der Waals surface area contributed by atoms with E-state index in [9.17, 15) is 4.79 Å². The second kappa shape index (κ2) is 8.74. The number of hydrogen-bond acceptors (Lipinski definition) is 4. The lowest BCUT2D eigenvalue weighted by Gasteiger charge is -2.30. The molecule has 0 aliphatic rings. The highest BCUT2D eigenvalue weighted by molar-refractivity contribution is 5.85. The van der Waals surface area contributed by atoms with Gasteiger partial charge in [-0.2, -0.15) is 0 Å². The maximum absolute atomic E-state index is 12.4. The molecule has 0 aliphatic carbocycles. The summed E-state index contributed by atoms with van der Waals surface area (Å²) in [7, 11) is 1.36. The van der Waals surface area contributed by atoms with Crippen molar-refractivity contribution < 1.29 is 19.1 Å². The van der Waals surface area contributed by atoms with Crippen molar-refractivity contribution in [1.82, 2.24) is 5.48 Å². The highest BCUT2D eigenvalue weighted by atomic mass is 16.6. The van der Waals surface area contributed by atoms with Gasteiger partial charge >= 0.3 is 0 Å². The standard InChI is InChI=1S/C17H19NO4/c1-5-12-21-15-10-8-14(9-11-15)17(7-3,22-13-6-2)16(19)18-20-4/h1-2,8-11H,7,12-13H2,3-4H3,(H,18,19). The first kappa shape index (κ1) is 17.6. The lowest BCUT2D eigenvalue weighted by molar-refractivity contribution is -0.158. The molecule has 0 bridgehead atoms. The maximum Gasteiger partial charge on any atom is 0.280 e. The molecule has 1 aromatic rings. The zero-order chi connectivity index (χ0) is 16.4. The molecule has 0 aliphatic heterocycles. The molecule has 1 amide bonds. The van der Waals surface area contributed by atoms with Crippen LogP contribution in [-0.2, 0) is 20.0 Å². The normalized spacial score (nSPS) is 12.5. The van der Waals surface area contributed by atoms with Crippen LogP contribution in [0.25, 0.3) is 0 Å². The Bertz CT molecular complexity index is 568. The van der Waals surface area contributed by atoms with Crippen LogP contribution in [0.4, 0.5) is 0 Å². The molecular formula is C17H19NO4. The largest absolute Gasteiger partial charge is 0.481 e. The number of carbonyl (C=O) groups is 1. The lowest BCUT2D eigenvalue weighted by Crippen LogP contribution is -2.46. The summed E-state index contributed by atoms with van der Waals surface area (Å²) in [5.74, 6) is 4.94. The molecule has 1 unspecified atom stereocenters. The van der Waals surface area contributed by atoms with Gasteiger partial charge in [-0.1, -0.05) is 30.9 Å². The smallest absolute Gasteiger partial charge is 0.280 e. The summed E-state index contributed by atoms with van der Waals surface area (Å²) in [6.45, 7) is 2.00. The van der Waals surface area contributed by atoms with Crippen LogP contribution in [0.5, 0.6) is 5.75 Å². The van der Waals surface area contributed by atoms with E-state index in [4.69, 9.17) is 27.2 Å². The van der Waals surface area contributed by atoms with E-state index in [0.29, 0.717) is 17.7 Å². The first-order valence-electron chi connectivity index (χ1n) is 6.72. The van der Waals surface area contributed by atoms with E-state index in [-0.39, 0.29) is 13.2 Å². The average Bonchev–Trinajstić information content (AvgIpc) is 2.55. The predicted octanol–water partition coefficient (Wildman–Crippen LogP) is 1.63. The van der Waals surface area contributed by atoms with Crippen LogP contribution < -0.4 is 10.2 Å². The van der Waals surface area contributed by atoms with Crippen LogP contribution in [0.2, 0.25) is 0 Å². The van der Waals surface area contributed by atoms with Crippen LogP contribution in [0.1, 0.15) is 18.9 Å². The molecule has 0 fully saturated rings. The third-order valence-corrected chi connectivity index (χ3v) is 3.10. The molecule has 0 radical (unpaired) electrons. The molecule has 1 atom stereocenters. The van der Waals surface area contributed by atoms with E-state index in [1.54, 1.807) is 24.3 Å². The number of hydroxylamine groups is 1. The Hall–Kier alpha value is -2.47. The van der Waals surface area contributed by atoms with Gasteiger partial charge in [0.2, 0.25) is 0 Å². The molecule has 1 rings (SSSR count). The first-order chi connectivity index (χ1) is 10.6. The van der Waals surface area contributed by atoms with Crippen molar-refractivity contribution in [3.05, 3.63) is 29.8 Å². The van der Waals surface area contributed by atoms with E-state index in [1.807, 2.05) is 6.92 Å². The van der Waals surface area contributed by atoms with Gasteiger partial charge in [-0.05, 0) is 24.1 Å². The number of terminal acetylenes is 2. The van der Waals surface area contributed by atoms with Gasteiger partial charge in [-0.3, -0.25) is 9.63 Å². The van der Waals surface area contributed by atoms with Crippen molar-refractivity contribution in [2.45, 2.75) is 18.9 Å². The lowest BCUT2D eigenvalue weighted by atomic mass is 9.90. The molecule has 1 aromatic carbocycles. The number of nitrogens with one attached hydrogen (secondary N) is 1. The van der Waals surface area contributed by atoms with E-state index < -0.39 is 11.5 Å². The van der Waals surface area contributed by atoms with Gasteiger partial charge in [-0.15, -0.1) is 12.8 Å². The molecule has 0 saturated heterocycles. The summed E-state index contributed by atoms with van der Waals surface area (Å²) in [6, 6.07) is 6.91. The van der Waals surface area contributed by atoms with Crippen molar-refractivity contribution in [3.8, 4) is 30.4 Å². The van der Waals surface area contributed by atoms with Crippen LogP contribution in [0.3, 0.4) is 0 Å². The second-order valence-electron chi connectivity index (χ2n) is 4.33. The van der Waals surface area contributed by atoms with Crippen molar-refractivity contribution in [1.29, 1.82) is 0 Å². The topological polar surface area (TPSA) is 56.8 Å². The fourth-order valence-electron chi connectivity index (χ4n) is 2.03. The number of rotatable bonds is 8. The summed E-state index contributed by atoms with van der Waals surface area (Å²) in [5, 5.41) is 0. The second-order valence-corrected chi connectivity index (χ2v) is 4.33. The van der Waals surface area contributed by atoms with Gasteiger partial charge in [-0.25, -0.2) is 5.48 Å². The minimum absolute atomic E-state index is 0.000317. The summed E-state index contributed by atoms with van der Waals surface area (Å²) in [5.41, 5.74) is 1.72. The minimum atomic E-state index is -1.23. The van der Waals surface area contributed by atoms with E-state index in [0.717, 1.165) is 0 Å². The summed E-state index contributed by atoms with van der Waals surface area (Å²) < 4.78 is 11.0. The molecule has 1 N–H and O–H groups in total. The Morgan fingerprint density at radius 3 is 2.36 bits per heavy atom. The number of benzene rings is 1. The van der Waals surface area contributed by atoms with Crippen LogP contribution in [0, 0.1) is 24.7 Å². The van der Waals surface area contributed by atoms with Crippen LogP contribution in [0.15, 0.2) is 24.3 Å². The van der Waals surface area contributed by atoms with Gasteiger partial charge < -0.3 is 9.47 Å². The fourth-order valence-corrected chi connectivity index (χ4v) is 2.03. The van der Waals surface area contributed by atoms with Gasteiger partial charge in [0.15, 0.2) is 5.60 Å². The molecule has 116 valence electrons. The molecule has 0 saturated carbocycles. The molecule has 5 heteroatoms. The van der Waals surface area contributed by atoms with Crippen molar-refractivity contribution in [2.24, 2.45) is 0 Å². The van der Waals surface area contributed by atoms with Crippen molar-refractivity contribution >= 4 is 5.91 Å². The van der Waals surface area contributed by atoms with Gasteiger partial charge in [0.25, 0.3) is 5.91 Å². The number of amides is 1. The SMILES string of the molecule is C#CCOc1ccc(C(CC)(OCC#C)C(=O)NOC)cc1. The molecule has 5 nitrogen and oxygen atoms in total. The highest BCUT2D eigenvalue weighted by Gasteiger charge is 2.40. The van der Waals surface area contributed by atoms with Crippen LogP contribution in [-0.4, -0.2) is 26.2 Å². The first-order valence-corrected chi connectivity index (χ1v) is 6.72. The third kappa shape index (κ3) is 4.02. The molecule has 0 spiro atoms. The monoisotopic (exact) mass is 301 g/mol. The third-order valence-electron chi connectivity index (χ3n) is 3.10. The van der Waals surface area contributed by atoms with Crippen LogP contribution >= 0.6 is 0 Å². The molecule has 0 aromatic heterocycles. The fraction of sp³-hybridized carbons (Fsp3) is 0.353. The van der Waals surface area contributed by atoms with E-state index >= 15 is 0 Å². The maximum atomic E-state index is 12.4. The summed E-state index contributed by atoms with van der Waals surface area (Å²) in [6.07, 6.45) is 10.8. The van der Waals surface area contributed by atoms with E-state index in [2.05, 4.69) is 17.3 Å². The quantitative estimate of drug-likeness (QED) is 0.586. The van der Waals surface area contributed by atoms with Gasteiger partial charge in [0.1, 0.15) is 19.0 Å². The number of ether oxygens (including phenoxy) is 2. The average molecular weight is 301 g/mol. The van der Waals surface area contributed by atoms with E-state index in [1.165, 1.54) is 7.11 Å².